The van der Waals surface area contributed by atoms with Gasteiger partial charge < -0.3 is 15.6 Å². The van der Waals surface area contributed by atoms with Crippen molar-refractivity contribution in [2.24, 2.45) is 11.7 Å². The number of carbonyl (C=O) groups is 1. The summed E-state index contributed by atoms with van der Waals surface area (Å²) in [6, 6.07) is 7.81. The van der Waals surface area contributed by atoms with E-state index in [1.165, 1.54) is 0 Å². The van der Waals surface area contributed by atoms with E-state index in [1.807, 2.05) is 24.3 Å². The first-order valence-corrected chi connectivity index (χ1v) is 6.13. The van der Waals surface area contributed by atoms with E-state index >= 15 is 0 Å². The normalized spacial score (nSPS) is 13.9. The molecule has 0 aliphatic carbocycles. The molecule has 0 saturated heterocycles. The van der Waals surface area contributed by atoms with Crippen LogP contribution in [0.5, 0.6) is 5.75 Å². The molecule has 2 unspecified atom stereocenters. The van der Waals surface area contributed by atoms with Crippen molar-refractivity contribution in [3.63, 3.8) is 0 Å². The molecule has 3 N–H and O–H groups in total. The predicted molar refractivity (Wildman–Crippen MR) is 70.8 cm³/mol. The highest BCUT2D eigenvalue weighted by Crippen LogP contribution is 2.31. The molecular formula is C14H21NO3. The van der Waals surface area contributed by atoms with E-state index in [9.17, 15) is 4.79 Å². The van der Waals surface area contributed by atoms with Crippen LogP contribution >= 0.6 is 0 Å². The van der Waals surface area contributed by atoms with Gasteiger partial charge in [0.05, 0.1) is 7.11 Å². The monoisotopic (exact) mass is 251 g/mol. The summed E-state index contributed by atoms with van der Waals surface area (Å²) in [6.45, 7) is 2.47. The molecule has 0 radical (unpaired) electrons. The first-order valence-electron chi connectivity index (χ1n) is 6.13. The van der Waals surface area contributed by atoms with Crippen molar-refractivity contribution in [2.75, 3.05) is 13.7 Å². The summed E-state index contributed by atoms with van der Waals surface area (Å²) in [5.41, 5.74) is 6.72. The van der Waals surface area contributed by atoms with E-state index in [0.717, 1.165) is 17.7 Å². The van der Waals surface area contributed by atoms with Crippen LogP contribution in [-0.4, -0.2) is 24.7 Å². The van der Waals surface area contributed by atoms with Crippen LogP contribution in [0.25, 0.3) is 0 Å². The van der Waals surface area contributed by atoms with Crippen molar-refractivity contribution in [3.8, 4) is 5.75 Å². The molecule has 0 spiro atoms. The van der Waals surface area contributed by atoms with Crippen LogP contribution in [0.3, 0.4) is 0 Å². The van der Waals surface area contributed by atoms with Gasteiger partial charge in [0.15, 0.2) is 0 Å². The second kappa shape index (κ2) is 7.01. The maximum atomic E-state index is 10.7. The number of rotatable bonds is 7. The summed E-state index contributed by atoms with van der Waals surface area (Å²) in [4.78, 5) is 10.7. The summed E-state index contributed by atoms with van der Waals surface area (Å²) in [6.07, 6.45) is 0.874. The average molecular weight is 251 g/mol. The third-order valence-corrected chi connectivity index (χ3v) is 3.15. The number of nitrogens with two attached hydrogens (primary N) is 1. The zero-order chi connectivity index (χ0) is 13.5. The molecule has 0 amide bonds. The highest BCUT2D eigenvalue weighted by molar-refractivity contribution is 5.67. The zero-order valence-electron chi connectivity index (χ0n) is 10.9. The van der Waals surface area contributed by atoms with Crippen molar-refractivity contribution in [3.05, 3.63) is 29.8 Å². The minimum Gasteiger partial charge on any atom is -0.496 e. The Morgan fingerprint density at radius 3 is 2.67 bits per heavy atom. The molecule has 1 rings (SSSR count). The molecule has 100 valence electrons. The Morgan fingerprint density at radius 2 is 2.11 bits per heavy atom. The number of para-hydroxylation sites is 1. The lowest BCUT2D eigenvalue weighted by molar-refractivity contribution is -0.138. The second-order valence-corrected chi connectivity index (χ2v) is 4.58. The number of hydrogen-bond acceptors (Lipinski definition) is 3. The van der Waals surface area contributed by atoms with Crippen LogP contribution in [-0.2, 0) is 4.79 Å². The van der Waals surface area contributed by atoms with Gasteiger partial charge in [-0.2, -0.15) is 0 Å². The van der Waals surface area contributed by atoms with Crippen molar-refractivity contribution in [1.29, 1.82) is 0 Å². The van der Waals surface area contributed by atoms with Gasteiger partial charge in [0.25, 0.3) is 0 Å². The molecule has 0 aliphatic heterocycles. The molecule has 1 aromatic rings. The van der Waals surface area contributed by atoms with Gasteiger partial charge in [-0.05, 0) is 36.4 Å². The molecule has 0 fully saturated rings. The van der Waals surface area contributed by atoms with Gasteiger partial charge in [-0.3, -0.25) is 4.79 Å². The summed E-state index contributed by atoms with van der Waals surface area (Å²) in [7, 11) is 1.64. The summed E-state index contributed by atoms with van der Waals surface area (Å²) >= 11 is 0. The SMILES string of the molecule is COc1ccccc1C(C)CC(CN)CC(=O)O. The minimum absolute atomic E-state index is 0.00223. The quantitative estimate of drug-likeness (QED) is 0.779. The Hall–Kier alpha value is -1.55. The zero-order valence-corrected chi connectivity index (χ0v) is 10.9. The van der Waals surface area contributed by atoms with Gasteiger partial charge >= 0.3 is 5.97 Å². The largest absolute Gasteiger partial charge is 0.496 e. The summed E-state index contributed by atoms with van der Waals surface area (Å²) in [5, 5.41) is 8.82. The molecule has 18 heavy (non-hydrogen) atoms. The number of benzene rings is 1. The molecule has 0 bridgehead atoms. The molecule has 4 heteroatoms. The van der Waals surface area contributed by atoms with Crippen LogP contribution < -0.4 is 10.5 Å². The lowest BCUT2D eigenvalue weighted by Crippen LogP contribution is -2.20. The second-order valence-electron chi connectivity index (χ2n) is 4.58. The standard InChI is InChI=1S/C14H21NO3/c1-10(7-11(9-15)8-14(16)17)12-5-3-4-6-13(12)18-2/h3-6,10-11H,7-9,15H2,1-2H3,(H,16,17). The molecule has 0 aromatic heterocycles. The van der Waals surface area contributed by atoms with Gasteiger partial charge in [0, 0.05) is 6.42 Å². The van der Waals surface area contributed by atoms with Gasteiger partial charge in [0.1, 0.15) is 5.75 Å². The number of carboxylic acid groups (broad SMARTS) is 1. The van der Waals surface area contributed by atoms with Crippen LogP contribution in [0, 0.1) is 5.92 Å². The fourth-order valence-electron chi connectivity index (χ4n) is 2.21. The Bertz CT molecular complexity index is 392. The Morgan fingerprint density at radius 1 is 1.44 bits per heavy atom. The van der Waals surface area contributed by atoms with Gasteiger partial charge in [-0.15, -0.1) is 0 Å². The van der Waals surface area contributed by atoms with Gasteiger partial charge in [-0.25, -0.2) is 0 Å². The van der Waals surface area contributed by atoms with Crippen LogP contribution in [0.2, 0.25) is 0 Å². The third kappa shape index (κ3) is 4.04. The van der Waals surface area contributed by atoms with Crippen molar-refractivity contribution >= 4 is 5.97 Å². The summed E-state index contributed by atoms with van der Waals surface area (Å²) < 4.78 is 5.32. The maximum absolute atomic E-state index is 10.7. The van der Waals surface area contributed by atoms with Crippen molar-refractivity contribution in [1.82, 2.24) is 0 Å². The number of aliphatic carboxylic acids is 1. The predicted octanol–water partition coefficient (Wildman–Crippen LogP) is 2.24. The van der Waals surface area contributed by atoms with Gasteiger partial charge in [-0.1, -0.05) is 25.1 Å². The fraction of sp³-hybridized carbons (Fsp3) is 0.500. The summed E-state index contributed by atoms with van der Waals surface area (Å²) in [5.74, 6) is 0.283. The lowest BCUT2D eigenvalue weighted by atomic mass is 9.88. The third-order valence-electron chi connectivity index (χ3n) is 3.15. The lowest BCUT2D eigenvalue weighted by Gasteiger charge is -2.20. The fourth-order valence-corrected chi connectivity index (χ4v) is 2.21. The molecule has 1 aromatic carbocycles. The maximum Gasteiger partial charge on any atom is 0.303 e. The van der Waals surface area contributed by atoms with E-state index in [2.05, 4.69) is 6.92 Å². The number of hydrogen-bond donors (Lipinski definition) is 2. The number of ether oxygens (including phenoxy) is 1. The Labute approximate surface area is 108 Å². The smallest absolute Gasteiger partial charge is 0.303 e. The molecule has 4 nitrogen and oxygen atoms in total. The first-order chi connectivity index (χ1) is 8.58. The van der Waals surface area contributed by atoms with Crippen molar-refractivity contribution < 1.29 is 14.6 Å². The van der Waals surface area contributed by atoms with Crippen molar-refractivity contribution in [2.45, 2.75) is 25.7 Å². The Kier molecular flexibility index (Phi) is 5.65. The highest BCUT2D eigenvalue weighted by atomic mass is 16.5. The molecule has 0 heterocycles. The highest BCUT2D eigenvalue weighted by Gasteiger charge is 2.18. The van der Waals surface area contributed by atoms with E-state index in [4.69, 9.17) is 15.6 Å². The van der Waals surface area contributed by atoms with Crippen LogP contribution in [0.4, 0.5) is 0 Å². The Balaban J connectivity index is 2.74. The number of methoxy groups -OCH3 is 1. The topological polar surface area (TPSA) is 72.5 Å². The van der Waals surface area contributed by atoms with E-state index in [0.29, 0.717) is 6.54 Å². The molecule has 0 saturated carbocycles. The van der Waals surface area contributed by atoms with E-state index < -0.39 is 5.97 Å². The average Bonchev–Trinajstić information content (AvgIpc) is 2.37. The number of carboxylic acids is 1. The minimum atomic E-state index is -0.794. The van der Waals surface area contributed by atoms with E-state index in [1.54, 1.807) is 7.11 Å². The molecule has 0 aliphatic rings. The molecular weight excluding hydrogens is 230 g/mol. The first kappa shape index (κ1) is 14.5. The van der Waals surface area contributed by atoms with Gasteiger partial charge in [0.2, 0.25) is 0 Å². The van der Waals surface area contributed by atoms with Crippen LogP contribution in [0.1, 0.15) is 31.2 Å². The molecule has 2 atom stereocenters. The van der Waals surface area contributed by atoms with Crippen LogP contribution in [0.15, 0.2) is 24.3 Å². The van der Waals surface area contributed by atoms with E-state index in [-0.39, 0.29) is 18.3 Å².